The zero-order chi connectivity index (χ0) is 44.8. The van der Waals surface area contributed by atoms with Gasteiger partial charge in [-0.2, -0.15) is 0 Å². The maximum atomic E-state index is 11.6. The molecular formula is C62H43N3O2. The lowest BCUT2D eigenvalue weighted by Gasteiger charge is -2.26. The number of rotatable bonds is 10. The maximum Gasteiger partial charge on any atom is 0.150 e. The highest BCUT2D eigenvalue weighted by molar-refractivity contribution is 6.12. The van der Waals surface area contributed by atoms with E-state index < -0.39 is 0 Å². The molecule has 2 aromatic heterocycles. The van der Waals surface area contributed by atoms with Crippen LogP contribution in [-0.2, 0) is 0 Å². The van der Waals surface area contributed by atoms with Crippen molar-refractivity contribution in [1.82, 2.24) is 9.13 Å². The molecule has 0 atom stereocenters. The van der Waals surface area contributed by atoms with Crippen LogP contribution in [0.25, 0.3) is 88.4 Å². The molecule has 318 valence electrons. The van der Waals surface area contributed by atoms with Gasteiger partial charge in [-0.15, -0.1) is 0 Å². The van der Waals surface area contributed by atoms with E-state index in [0.29, 0.717) is 5.56 Å². The fraction of sp³-hybridized carbons (Fsp3) is 0.0161. The van der Waals surface area contributed by atoms with E-state index in [1.54, 1.807) is 7.11 Å². The molecule has 0 saturated carbocycles. The molecule has 0 bridgehead atoms. The van der Waals surface area contributed by atoms with Gasteiger partial charge in [-0.1, -0.05) is 127 Å². The summed E-state index contributed by atoms with van der Waals surface area (Å²) < 4.78 is 10.1. The number of para-hydroxylation sites is 2. The Labute approximate surface area is 388 Å². The van der Waals surface area contributed by atoms with Crippen LogP contribution in [0, 0.1) is 0 Å². The molecule has 12 aromatic rings. The largest absolute Gasteiger partial charge is 0.497 e. The quantitative estimate of drug-likeness (QED) is 0.129. The third-order valence-electron chi connectivity index (χ3n) is 13.1. The lowest BCUT2D eigenvalue weighted by molar-refractivity contribution is 0.112. The lowest BCUT2D eigenvalue weighted by atomic mass is 9.98. The molecule has 0 radical (unpaired) electrons. The van der Waals surface area contributed by atoms with Gasteiger partial charge in [0.15, 0.2) is 0 Å². The number of carbonyl (C=O) groups is 1. The first-order valence-electron chi connectivity index (χ1n) is 22.5. The van der Waals surface area contributed by atoms with Crippen molar-refractivity contribution in [2.24, 2.45) is 0 Å². The molecule has 5 nitrogen and oxygen atoms in total. The van der Waals surface area contributed by atoms with Crippen LogP contribution in [-0.4, -0.2) is 22.5 Å². The van der Waals surface area contributed by atoms with Crippen LogP contribution in [0.4, 0.5) is 17.1 Å². The van der Waals surface area contributed by atoms with Gasteiger partial charge < -0.3 is 18.8 Å². The summed E-state index contributed by atoms with van der Waals surface area (Å²) in [7, 11) is 1.70. The van der Waals surface area contributed by atoms with Crippen molar-refractivity contribution in [2.75, 3.05) is 12.0 Å². The number of methoxy groups -OCH3 is 1. The first-order valence-corrected chi connectivity index (χ1v) is 22.5. The second-order valence-electron chi connectivity index (χ2n) is 16.9. The van der Waals surface area contributed by atoms with E-state index in [9.17, 15) is 4.79 Å². The van der Waals surface area contributed by atoms with Gasteiger partial charge in [0, 0.05) is 55.5 Å². The van der Waals surface area contributed by atoms with Crippen LogP contribution in [0.5, 0.6) is 5.75 Å². The van der Waals surface area contributed by atoms with Crippen molar-refractivity contribution in [1.29, 1.82) is 0 Å². The first kappa shape index (κ1) is 39.6. The number of hydrogen-bond donors (Lipinski definition) is 0. The van der Waals surface area contributed by atoms with Crippen LogP contribution in [0.3, 0.4) is 0 Å². The van der Waals surface area contributed by atoms with Gasteiger partial charge >= 0.3 is 0 Å². The number of aldehydes is 1. The summed E-state index contributed by atoms with van der Waals surface area (Å²) in [6, 6.07) is 83.9. The van der Waals surface area contributed by atoms with E-state index in [4.69, 9.17) is 4.74 Å². The number of benzene rings is 10. The van der Waals surface area contributed by atoms with E-state index in [2.05, 4.69) is 214 Å². The Kier molecular flexibility index (Phi) is 9.80. The molecule has 5 heteroatoms. The van der Waals surface area contributed by atoms with Crippen LogP contribution in [0.1, 0.15) is 10.4 Å². The minimum absolute atomic E-state index is 0.652. The van der Waals surface area contributed by atoms with Gasteiger partial charge in [-0.3, -0.25) is 4.79 Å². The summed E-state index contributed by atoms with van der Waals surface area (Å²) in [4.78, 5) is 13.9. The van der Waals surface area contributed by atoms with Crippen molar-refractivity contribution in [3.8, 4) is 50.5 Å². The smallest absolute Gasteiger partial charge is 0.150 e. The lowest BCUT2D eigenvalue weighted by Crippen LogP contribution is -2.10. The van der Waals surface area contributed by atoms with E-state index in [1.807, 2.05) is 36.4 Å². The topological polar surface area (TPSA) is 39.4 Å². The van der Waals surface area contributed by atoms with Gasteiger partial charge in [0.05, 0.1) is 29.2 Å². The molecule has 0 amide bonds. The fourth-order valence-electron chi connectivity index (χ4n) is 9.78. The zero-order valence-corrected chi connectivity index (χ0v) is 36.8. The van der Waals surface area contributed by atoms with Crippen molar-refractivity contribution >= 4 is 67.0 Å². The number of hydrogen-bond acceptors (Lipinski definition) is 3. The van der Waals surface area contributed by atoms with Gasteiger partial charge in [-0.05, 0) is 143 Å². The van der Waals surface area contributed by atoms with Crippen molar-refractivity contribution in [3.05, 3.63) is 242 Å². The minimum atomic E-state index is 0.652. The van der Waals surface area contributed by atoms with Crippen molar-refractivity contribution < 1.29 is 9.53 Å². The molecule has 0 spiro atoms. The Hall–Kier alpha value is -8.93. The number of aromatic nitrogens is 2. The Morgan fingerprint density at radius 2 is 0.731 bits per heavy atom. The second kappa shape index (κ2) is 16.6. The Bertz CT molecular complexity index is 3760. The van der Waals surface area contributed by atoms with Crippen molar-refractivity contribution in [3.63, 3.8) is 0 Å². The Morgan fingerprint density at radius 3 is 1.18 bits per heavy atom. The average Bonchev–Trinajstić information content (AvgIpc) is 3.92. The van der Waals surface area contributed by atoms with Crippen molar-refractivity contribution in [2.45, 2.75) is 0 Å². The first-order chi connectivity index (χ1) is 33.1. The SMILES string of the molecule is COc1ccc(-n2c3ccccc3c3cc(N(c4ccc(-c5ccc(-c6ccc(-c7ccccc7)cc6)cc5)cc4)c4ccc5c(c4)c4ccccc4n5-c4ccc(C=O)cc4)ccc32)cc1. The summed E-state index contributed by atoms with van der Waals surface area (Å²) in [5.74, 6) is 0.825. The predicted molar refractivity (Wildman–Crippen MR) is 278 cm³/mol. The third kappa shape index (κ3) is 7.02. The Morgan fingerprint density at radius 1 is 0.358 bits per heavy atom. The fourth-order valence-corrected chi connectivity index (χ4v) is 9.78. The number of anilines is 3. The van der Waals surface area contributed by atoms with E-state index in [1.165, 1.54) is 27.6 Å². The number of fused-ring (bicyclic) bond motifs is 6. The molecule has 0 saturated heterocycles. The summed E-state index contributed by atoms with van der Waals surface area (Å²) in [5, 5.41) is 4.64. The summed E-state index contributed by atoms with van der Waals surface area (Å²) in [6.07, 6.45) is 0.889. The van der Waals surface area contributed by atoms with Crippen LogP contribution in [0.2, 0.25) is 0 Å². The molecule has 2 heterocycles. The van der Waals surface area contributed by atoms with Crippen LogP contribution >= 0.6 is 0 Å². The molecule has 0 unspecified atom stereocenters. The average molecular weight is 862 g/mol. The van der Waals surface area contributed by atoms with E-state index in [-0.39, 0.29) is 0 Å². The monoisotopic (exact) mass is 861 g/mol. The zero-order valence-electron chi connectivity index (χ0n) is 36.8. The Balaban J connectivity index is 0.967. The van der Waals surface area contributed by atoms with Gasteiger partial charge in [-0.25, -0.2) is 0 Å². The summed E-state index contributed by atoms with van der Waals surface area (Å²) >= 11 is 0. The molecule has 12 rings (SSSR count). The van der Waals surface area contributed by atoms with Gasteiger partial charge in [0.1, 0.15) is 12.0 Å². The molecular weight excluding hydrogens is 819 g/mol. The molecule has 0 fully saturated rings. The highest BCUT2D eigenvalue weighted by Crippen LogP contribution is 2.43. The standard InChI is InChI=1S/C62H43N3O2/c1-67-54-35-31-51(32-36-54)65-60-14-8-6-12-56(60)58-40-53(34-38-62(58)65)63(52-33-37-61-57(39-52)55-11-5-7-13-59(55)64(61)50-27-15-42(41-66)16-28-50)49-29-25-48(26-30-49)47-23-21-46(22-24-47)45-19-17-44(18-20-45)43-9-3-2-4-10-43/h2-41H,1H3. The van der Waals surface area contributed by atoms with Gasteiger partial charge in [0.2, 0.25) is 0 Å². The molecule has 10 aromatic carbocycles. The maximum absolute atomic E-state index is 11.6. The third-order valence-corrected chi connectivity index (χ3v) is 13.1. The van der Waals surface area contributed by atoms with E-state index >= 15 is 0 Å². The number of ether oxygens (including phenoxy) is 1. The highest BCUT2D eigenvalue weighted by Gasteiger charge is 2.20. The highest BCUT2D eigenvalue weighted by atomic mass is 16.5. The van der Waals surface area contributed by atoms with Crippen LogP contribution < -0.4 is 9.64 Å². The minimum Gasteiger partial charge on any atom is -0.497 e. The number of carbonyl (C=O) groups excluding carboxylic acids is 1. The molecule has 0 aliphatic rings. The molecule has 0 aliphatic heterocycles. The second-order valence-corrected chi connectivity index (χ2v) is 16.9. The number of nitrogens with zero attached hydrogens (tertiary/aromatic N) is 3. The summed E-state index contributed by atoms with van der Waals surface area (Å²) in [6.45, 7) is 0. The molecule has 0 N–H and O–H groups in total. The summed E-state index contributed by atoms with van der Waals surface area (Å²) in [5.41, 5.74) is 17.4. The molecule has 0 aliphatic carbocycles. The predicted octanol–water partition coefficient (Wildman–Crippen LogP) is 16.2. The molecule has 67 heavy (non-hydrogen) atoms. The van der Waals surface area contributed by atoms with Crippen LogP contribution in [0.15, 0.2) is 237 Å². The normalized spacial score (nSPS) is 11.4. The van der Waals surface area contributed by atoms with E-state index in [0.717, 1.165) is 89.8 Å². The van der Waals surface area contributed by atoms with Gasteiger partial charge in [0.25, 0.3) is 0 Å².